The molecule has 0 unspecified atom stereocenters. The summed E-state index contributed by atoms with van der Waals surface area (Å²) in [6.07, 6.45) is 0. The molecule has 0 aliphatic rings. The van der Waals surface area contributed by atoms with Gasteiger partial charge in [-0.15, -0.1) is 10.2 Å². The highest BCUT2D eigenvalue weighted by molar-refractivity contribution is 6.29. The molecule has 0 radical (unpaired) electrons. The van der Waals surface area contributed by atoms with Crippen molar-refractivity contribution in [3.63, 3.8) is 0 Å². The van der Waals surface area contributed by atoms with E-state index < -0.39 is 0 Å². The molecule has 17 heavy (non-hydrogen) atoms. The molecule has 0 N–H and O–H groups in total. The SMILES string of the molecule is CC(=O)Oc1ccccc1-c1ccc(Cl)nn1. The molecule has 1 heterocycles. The molecule has 0 saturated carbocycles. The van der Waals surface area contributed by atoms with Gasteiger partial charge in [-0.05, 0) is 24.3 Å². The van der Waals surface area contributed by atoms with E-state index in [0.29, 0.717) is 22.2 Å². The molecule has 5 heteroatoms. The molecular weight excluding hydrogens is 240 g/mol. The van der Waals surface area contributed by atoms with E-state index in [0.717, 1.165) is 0 Å². The second-order valence-corrected chi connectivity index (χ2v) is 3.72. The largest absolute Gasteiger partial charge is 0.426 e. The van der Waals surface area contributed by atoms with Crippen LogP contribution in [0.5, 0.6) is 5.75 Å². The van der Waals surface area contributed by atoms with Gasteiger partial charge >= 0.3 is 5.97 Å². The van der Waals surface area contributed by atoms with Crippen LogP contribution in [-0.2, 0) is 4.79 Å². The number of esters is 1. The molecule has 0 spiro atoms. The zero-order valence-electron chi connectivity index (χ0n) is 9.05. The first-order chi connectivity index (χ1) is 8.16. The number of para-hydroxylation sites is 1. The fraction of sp³-hybridized carbons (Fsp3) is 0.0833. The lowest BCUT2D eigenvalue weighted by molar-refractivity contribution is -0.131. The fourth-order valence-corrected chi connectivity index (χ4v) is 1.48. The Morgan fingerprint density at radius 1 is 1.18 bits per heavy atom. The molecule has 0 aliphatic heterocycles. The topological polar surface area (TPSA) is 52.1 Å². The number of rotatable bonds is 2. The second kappa shape index (κ2) is 4.93. The van der Waals surface area contributed by atoms with Crippen LogP contribution in [0.25, 0.3) is 11.3 Å². The predicted molar refractivity (Wildman–Crippen MR) is 63.8 cm³/mol. The maximum absolute atomic E-state index is 11.0. The standard InChI is InChI=1S/C12H9ClN2O2/c1-8(16)17-11-5-3-2-4-9(11)10-6-7-12(13)15-14-10/h2-7H,1H3. The van der Waals surface area contributed by atoms with Crippen molar-refractivity contribution in [2.45, 2.75) is 6.92 Å². The van der Waals surface area contributed by atoms with E-state index in [4.69, 9.17) is 16.3 Å². The number of carbonyl (C=O) groups excluding carboxylic acids is 1. The fourth-order valence-electron chi connectivity index (χ4n) is 1.38. The third-order valence-corrected chi connectivity index (χ3v) is 2.25. The van der Waals surface area contributed by atoms with Crippen LogP contribution in [0.1, 0.15) is 6.92 Å². The smallest absolute Gasteiger partial charge is 0.308 e. The van der Waals surface area contributed by atoms with Crippen LogP contribution < -0.4 is 4.74 Å². The summed E-state index contributed by atoms with van der Waals surface area (Å²) >= 11 is 5.66. The van der Waals surface area contributed by atoms with Gasteiger partial charge in [-0.3, -0.25) is 4.79 Å². The molecule has 1 aromatic carbocycles. The Kier molecular flexibility index (Phi) is 3.35. The van der Waals surface area contributed by atoms with E-state index in [1.54, 1.807) is 30.3 Å². The van der Waals surface area contributed by atoms with E-state index in [1.807, 2.05) is 6.07 Å². The summed E-state index contributed by atoms with van der Waals surface area (Å²) in [5, 5.41) is 8.01. The maximum atomic E-state index is 11.0. The normalized spacial score (nSPS) is 10.0. The van der Waals surface area contributed by atoms with Gasteiger partial charge in [0.05, 0.1) is 5.69 Å². The summed E-state index contributed by atoms with van der Waals surface area (Å²) in [7, 11) is 0. The van der Waals surface area contributed by atoms with Crippen LogP contribution in [-0.4, -0.2) is 16.2 Å². The molecule has 2 aromatic rings. The molecule has 0 bridgehead atoms. The number of carbonyl (C=O) groups is 1. The zero-order valence-corrected chi connectivity index (χ0v) is 9.81. The van der Waals surface area contributed by atoms with Crippen molar-refractivity contribution >= 4 is 17.6 Å². The van der Waals surface area contributed by atoms with Crippen LogP contribution in [0, 0.1) is 0 Å². The maximum Gasteiger partial charge on any atom is 0.308 e. The number of benzene rings is 1. The Morgan fingerprint density at radius 2 is 1.94 bits per heavy atom. The van der Waals surface area contributed by atoms with Gasteiger partial charge in [0.25, 0.3) is 0 Å². The van der Waals surface area contributed by atoms with Gasteiger partial charge in [-0.25, -0.2) is 0 Å². The van der Waals surface area contributed by atoms with Crippen molar-refractivity contribution in [1.29, 1.82) is 0 Å². The minimum absolute atomic E-state index is 0.318. The van der Waals surface area contributed by atoms with Crippen molar-refractivity contribution < 1.29 is 9.53 Å². The first-order valence-electron chi connectivity index (χ1n) is 4.94. The summed E-state index contributed by atoms with van der Waals surface area (Å²) in [5.74, 6) is 0.0796. The molecule has 86 valence electrons. The second-order valence-electron chi connectivity index (χ2n) is 3.33. The van der Waals surface area contributed by atoms with Crippen LogP contribution in [0.15, 0.2) is 36.4 Å². The number of hydrogen-bond donors (Lipinski definition) is 0. The highest BCUT2D eigenvalue weighted by Gasteiger charge is 2.09. The van der Waals surface area contributed by atoms with Crippen molar-refractivity contribution in [2.24, 2.45) is 0 Å². The van der Waals surface area contributed by atoms with Gasteiger partial charge in [0.1, 0.15) is 5.75 Å². The summed E-state index contributed by atoms with van der Waals surface area (Å²) in [6.45, 7) is 1.35. The van der Waals surface area contributed by atoms with Crippen molar-refractivity contribution in [1.82, 2.24) is 10.2 Å². The van der Waals surface area contributed by atoms with Crippen LogP contribution in [0.3, 0.4) is 0 Å². The molecule has 0 amide bonds. The van der Waals surface area contributed by atoms with Gasteiger partial charge in [0.2, 0.25) is 0 Å². The Hall–Kier alpha value is -1.94. The number of halogens is 1. The van der Waals surface area contributed by atoms with Crippen LogP contribution in [0.2, 0.25) is 5.15 Å². The van der Waals surface area contributed by atoms with Crippen molar-refractivity contribution in [3.05, 3.63) is 41.6 Å². The highest BCUT2D eigenvalue weighted by atomic mass is 35.5. The minimum atomic E-state index is -0.376. The summed E-state index contributed by atoms with van der Waals surface area (Å²) in [6, 6.07) is 10.5. The zero-order chi connectivity index (χ0) is 12.3. The third kappa shape index (κ3) is 2.79. The predicted octanol–water partition coefficient (Wildman–Crippen LogP) is 2.72. The average molecular weight is 249 g/mol. The van der Waals surface area contributed by atoms with E-state index >= 15 is 0 Å². The van der Waals surface area contributed by atoms with Crippen molar-refractivity contribution in [2.75, 3.05) is 0 Å². The Morgan fingerprint density at radius 3 is 2.59 bits per heavy atom. The lowest BCUT2D eigenvalue weighted by Crippen LogP contribution is -2.03. The van der Waals surface area contributed by atoms with Gasteiger partial charge in [-0.2, -0.15) is 0 Å². The van der Waals surface area contributed by atoms with E-state index in [2.05, 4.69) is 10.2 Å². The molecule has 2 rings (SSSR count). The van der Waals surface area contributed by atoms with E-state index in [-0.39, 0.29) is 5.97 Å². The molecule has 1 aromatic heterocycles. The number of hydrogen-bond acceptors (Lipinski definition) is 4. The molecule has 0 saturated heterocycles. The first-order valence-corrected chi connectivity index (χ1v) is 5.31. The third-order valence-electron chi connectivity index (χ3n) is 2.05. The monoisotopic (exact) mass is 248 g/mol. The number of ether oxygens (including phenoxy) is 1. The quantitative estimate of drug-likeness (QED) is 0.606. The molecule has 0 fully saturated rings. The Labute approximate surface area is 103 Å². The summed E-state index contributed by atoms with van der Waals surface area (Å²) < 4.78 is 5.09. The summed E-state index contributed by atoms with van der Waals surface area (Å²) in [4.78, 5) is 11.0. The van der Waals surface area contributed by atoms with Gasteiger partial charge in [0.15, 0.2) is 5.15 Å². The number of aromatic nitrogens is 2. The van der Waals surface area contributed by atoms with Gasteiger partial charge in [-0.1, -0.05) is 23.7 Å². The average Bonchev–Trinajstić information content (AvgIpc) is 2.30. The summed E-state index contributed by atoms with van der Waals surface area (Å²) in [5.41, 5.74) is 1.30. The Balaban J connectivity index is 2.44. The lowest BCUT2D eigenvalue weighted by atomic mass is 10.1. The molecule has 0 atom stereocenters. The van der Waals surface area contributed by atoms with Crippen LogP contribution >= 0.6 is 11.6 Å². The lowest BCUT2D eigenvalue weighted by Gasteiger charge is -2.07. The number of nitrogens with zero attached hydrogens (tertiary/aromatic N) is 2. The van der Waals surface area contributed by atoms with Gasteiger partial charge < -0.3 is 4.74 Å². The van der Waals surface area contributed by atoms with E-state index in [9.17, 15) is 4.79 Å². The molecular formula is C12H9ClN2O2. The van der Waals surface area contributed by atoms with E-state index in [1.165, 1.54) is 6.92 Å². The molecule has 4 nitrogen and oxygen atoms in total. The van der Waals surface area contributed by atoms with Crippen LogP contribution in [0.4, 0.5) is 0 Å². The van der Waals surface area contributed by atoms with Gasteiger partial charge in [0, 0.05) is 12.5 Å². The minimum Gasteiger partial charge on any atom is -0.426 e. The Bertz CT molecular complexity index is 540. The molecule has 0 aliphatic carbocycles. The first kappa shape index (κ1) is 11.5. The van der Waals surface area contributed by atoms with Crippen molar-refractivity contribution in [3.8, 4) is 17.0 Å². The highest BCUT2D eigenvalue weighted by Crippen LogP contribution is 2.28.